The first-order chi connectivity index (χ1) is 12.4. The average molecular weight is 369 g/mol. The number of halogens is 2. The van der Waals surface area contributed by atoms with Crippen LogP contribution in [0.2, 0.25) is 0 Å². The summed E-state index contributed by atoms with van der Waals surface area (Å²) < 4.78 is 29.2. The molecule has 2 unspecified atom stereocenters. The summed E-state index contributed by atoms with van der Waals surface area (Å²) in [7, 11) is 0. The van der Waals surface area contributed by atoms with Crippen molar-refractivity contribution in [2.75, 3.05) is 26.2 Å². The van der Waals surface area contributed by atoms with E-state index in [4.69, 9.17) is 0 Å². The normalized spacial score (nSPS) is 20.8. The van der Waals surface area contributed by atoms with Crippen molar-refractivity contribution in [3.05, 3.63) is 29.8 Å². The summed E-state index contributed by atoms with van der Waals surface area (Å²) in [6, 6.07) is 6.13. The Morgan fingerprint density at radius 1 is 1.23 bits per heavy atom. The fourth-order valence-electron chi connectivity index (χ4n) is 3.58. The van der Waals surface area contributed by atoms with Crippen molar-refractivity contribution in [3.63, 3.8) is 0 Å². The molecule has 26 heavy (non-hydrogen) atoms. The quantitative estimate of drug-likeness (QED) is 0.690. The number of amides is 2. The molecule has 1 heterocycles. The Bertz CT molecular complexity index is 561. The van der Waals surface area contributed by atoms with Gasteiger partial charge in [-0.15, -0.1) is 0 Å². The number of hydrogen-bond acceptors (Lipinski definition) is 3. The highest BCUT2D eigenvalue weighted by Gasteiger charge is 2.21. The molecule has 1 saturated heterocycles. The van der Waals surface area contributed by atoms with Gasteiger partial charge in [0.15, 0.2) is 0 Å². The molecule has 2 atom stereocenters. The number of urea groups is 1. The van der Waals surface area contributed by atoms with Crippen LogP contribution >= 0.6 is 0 Å². The summed E-state index contributed by atoms with van der Waals surface area (Å²) in [5, 5.41) is 5.49. The molecule has 146 valence electrons. The zero-order valence-corrected chi connectivity index (χ0v) is 15.5. The first-order valence-corrected chi connectivity index (χ1v) is 9.20. The molecule has 0 aliphatic carbocycles. The summed E-state index contributed by atoms with van der Waals surface area (Å²) >= 11 is 0. The van der Waals surface area contributed by atoms with E-state index < -0.39 is 6.61 Å². The lowest BCUT2D eigenvalue weighted by Crippen LogP contribution is -2.41. The third kappa shape index (κ3) is 7.15. The zero-order valence-electron chi connectivity index (χ0n) is 15.5. The Labute approximate surface area is 154 Å². The standard InChI is InChI=1S/C19H29F2N3O2/c1-14-10-15(2)13-24(12-14)9-5-8-22-19(25)23-11-16-6-3-4-7-17(16)26-18(20)21/h3-4,6-7,14-15,18H,5,8-13H2,1-2H3,(H2,22,23,25). The van der Waals surface area contributed by atoms with Gasteiger partial charge in [-0.2, -0.15) is 8.78 Å². The highest BCUT2D eigenvalue weighted by molar-refractivity contribution is 5.73. The fourth-order valence-corrected chi connectivity index (χ4v) is 3.58. The monoisotopic (exact) mass is 369 g/mol. The second-order valence-electron chi connectivity index (χ2n) is 7.15. The van der Waals surface area contributed by atoms with E-state index in [0.717, 1.165) is 37.9 Å². The van der Waals surface area contributed by atoms with Gasteiger partial charge in [-0.1, -0.05) is 32.0 Å². The van der Waals surface area contributed by atoms with Gasteiger partial charge >= 0.3 is 12.6 Å². The highest BCUT2D eigenvalue weighted by Crippen LogP contribution is 2.21. The van der Waals surface area contributed by atoms with E-state index in [9.17, 15) is 13.6 Å². The number of para-hydroxylation sites is 1. The number of likely N-dealkylation sites (tertiary alicyclic amines) is 1. The number of benzene rings is 1. The van der Waals surface area contributed by atoms with Crippen LogP contribution in [0.4, 0.5) is 13.6 Å². The second kappa shape index (κ2) is 10.3. The van der Waals surface area contributed by atoms with Crippen molar-refractivity contribution in [2.24, 2.45) is 11.8 Å². The van der Waals surface area contributed by atoms with Gasteiger partial charge in [0.05, 0.1) is 0 Å². The van der Waals surface area contributed by atoms with Gasteiger partial charge in [-0.25, -0.2) is 4.79 Å². The van der Waals surface area contributed by atoms with E-state index >= 15 is 0 Å². The van der Waals surface area contributed by atoms with Crippen LogP contribution < -0.4 is 15.4 Å². The van der Waals surface area contributed by atoms with E-state index in [-0.39, 0.29) is 18.3 Å². The topological polar surface area (TPSA) is 53.6 Å². The summed E-state index contributed by atoms with van der Waals surface area (Å²) in [6.45, 7) is 5.61. The van der Waals surface area contributed by atoms with Crippen molar-refractivity contribution < 1.29 is 18.3 Å². The number of rotatable bonds is 8. The van der Waals surface area contributed by atoms with Gasteiger partial charge in [-0.05, 0) is 37.3 Å². The summed E-state index contributed by atoms with van der Waals surface area (Å²) in [6.07, 6.45) is 2.17. The molecule has 1 aliphatic rings. The van der Waals surface area contributed by atoms with E-state index in [1.165, 1.54) is 12.5 Å². The molecule has 2 rings (SSSR count). The minimum atomic E-state index is -2.88. The summed E-state index contributed by atoms with van der Waals surface area (Å²) in [5.41, 5.74) is 0.513. The van der Waals surface area contributed by atoms with Gasteiger partial charge in [0.25, 0.3) is 0 Å². The van der Waals surface area contributed by atoms with Crippen LogP contribution in [0, 0.1) is 11.8 Å². The van der Waals surface area contributed by atoms with Crippen LogP contribution in [-0.4, -0.2) is 43.7 Å². The smallest absolute Gasteiger partial charge is 0.387 e. The highest BCUT2D eigenvalue weighted by atomic mass is 19.3. The maximum atomic E-state index is 12.4. The number of carbonyl (C=O) groups excluding carboxylic acids is 1. The van der Waals surface area contributed by atoms with Crippen LogP contribution in [0.1, 0.15) is 32.3 Å². The Balaban J connectivity index is 1.65. The molecule has 2 N–H and O–H groups in total. The number of piperidine rings is 1. The third-order valence-electron chi connectivity index (χ3n) is 4.51. The van der Waals surface area contributed by atoms with Crippen LogP contribution in [0.25, 0.3) is 0 Å². The minimum absolute atomic E-state index is 0.0798. The van der Waals surface area contributed by atoms with Crippen molar-refractivity contribution >= 4 is 6.03 Å². The first-order valence-electron chi connectivity index (χ1n) is 9.20. The van der Waals surface area contributed by atoms with Crippen molar-refractivity contribution in [1.82, 2.24) is 15.5 Å². The van der Waals surface area contributed by atoms with E-state index in [2.05, 4.69) is 34.1 Å². The molecule has 1 aromatic rings. The zero-order chi connectivity index (χ0) is 18.9. The molecule has 0 bridgehead atoms. The molecule has 0 spiro atoms. The molecule has 5 nitrogen and oxygen atoms in total. The molecule has 0 saturated carbocycles. The molecule has 1 aromatic carbocycles. The van der Waals surface area contributed by atoms with Gasteiger partial charge in [-0.3, -0.25) is 0 Å². The lowest BCUT2D eigenvalue weighted by Gasteiger charge is -2.34. The molecule has 2 amide bonds. The minimum Gasteiger partial charge on any atom is -0.434 e. The van der Waals surface area contributed by atoms with Gasteiger partial charge in [0.1, 0.15) is 5.75 Å². The Hall–Kier alpha value is -1.89. The van der Waals surface area contributed by atoms with Crippen molar-refractivity contribution in [3.8, 4) is 5.75 Å². The largest absolute Gasteiger partial charge is 0.434 e. The van der Waals surface area contributed by atoms with Crippen LogP contribution in [0.5, 0.6) is 5.75 Å². The van der Waals surface area contributed by atoms with Gasteiger partial charge < -0.3 is 20.3 Å². The molecule has 1 fully saturated rings. The predicted molar refractivity (Wildman–Crippen MR) is 97.3 cm³/mol. The number of carbonyl (C=O) groups is 1. The molecule has 1 aliphatic heterocycles. The molecular formula is C19H29F2N3O2. The first kappa shape index (κ1) is 20.4. The number of ether oxygens (including phenoxy) is 1. The van der Waals surface area contributed by atoms with Gasteiger partial charge in [0, 0.05) is 31.7 Å². The number of nitrogens with zero attached hydrogens (tertiary/aromatic N) is 1. The maximum absolute atomic E-state index is 12.4. The maximum Gasteiger partial charge on any atom is 0.387 e. The average Bonchev–Trinajstić information content (AvgIpc) is 2.56. The SMILES string of the molecule is CC1CC(C)CN(CCCNC(=O)NCc2ccccc2OC(F)F)C1. The molecular weight excluding hydrogens is 340 g/mol. The van der Waals surface area contributed by atoms with E-state index in [1.54, 1.807) is 18.2 Å². The Morgan fingerprint density at radius 2 is 1.92 bits per heavy atom. The lowest BCUT2D eigenvalue weighted by molar-refractivity contribution is -0.0504. The van der Waals surface area contributed by atoms with Crippen LogP contribution in [0.3, 0.4) is 0 Å². The molecule has 7 heteroatoms. The lowest BCUT2D eigenvalue weighted by atomic mass is 9.92. The summed E-state index contributed by atoms with van der Waals surface area (Å²) in [5.74, 6) is 1.53. The van der Waals surface area contributed by atoms with Crippen molar-refractivity contribution in [2.45, 2.75) is 39.8 Å². The van der Waals surface area contributed by atoms with E-state index in [1.807, 2.05) is 0 Å². The predicted octanol–water partition coefficient (Wildman–Crippen LogP) is 3.46. The van der Waals surface area contributed by atoms with Crippen LogP contribution in [-0.2, 0) is 6.54 Å². The van der Waals surface area contributed by atoms with E-state index in [0.29, 0.717) is 12.1 Å². The van der Waals surface area contributed by atoms with Crippen molar-refractivity contribution in [1.29, 1.82) is 0 Å². The van der Waals surface area contributed by atoms with Gasteiger partial charge in [0.2, 0.25) is 0 Å². The van der Waals surface area contributed by atoms with Crippen LogP contribution in [0.15, 0.2) is 24.3 Å². The number of nitrogens with one attached hydrogen (secondary N) is 2. The fraction of sp³-hybridized carbons (Fsp3) is 0.632. The molecule has 0 aromatic heterocycles. The Morgan fingerprint density at radius 3 is 2.62 bits per heavy atom. The second-order valence-corrected chi connectivity index (χ2v) is 7.15. The third-order valence-corrected chi connectivity index (χ3v) is 4.51. The summed E-state index contributed by atoms with van der Waals surface area (Å²) in [4.78, 5) is 14.3. The number of alkyl halides is 2. The Kier molecular flexibility index (Phi) is 8.09. The number of hydrogen-bond donors (Lipinski definition) is 2. The molecule has 0 radical (unpaired) electrons.